The molecule has 0 saturated heterocycles. The van der Waals surface area contributed by atoms with Gasteiger partial charge < -0.3 is 9.88 Å². The third-order valence-electron chi connectivity index (χ3n) is 6.27. The molecule has 0 aliphatic heterocycles. The molecule has 34 heavy (non-hydrogen) atoms. The summed E-state index contributed by atoms with van der Waals surface area (Å²) in [6.07, 6.45) is 1.58. The zero-order valence-electron chi connectivity index (χ0n) is 20.2. The van der Waals surface area contributed by atoms with Crippen LogP contribution in [0.25, 0.3) is 16.9 Å². The summed E-state index contributed by atoms with van der Waals surface area (Å²) in [4.78, 5) is 27.2. The Morgan fingerprint density at radius 3 is 2.06 bits per heavy atom. The van der Waals surface area contributed by atoms with Crippen LogP contribution in [0.4, 0.5) is 5.69 Å². The topological polar surface area (TPSA) is 51.1 Å². The fraction of sp³-hybridized carbons (Fsp3) is 0.200. The van der Waals surface area contributed by atoms with Crippen LogP contribution in [0.1, 0.15) is 46.6 Å². The Hall–Kier alpha value is -3.92. The summed E-state index contributed by atoms with van der Waals surface area (Å²) in [6.45, 7) is 8.07. The van der Waals surface area contributed by atoms with Crippen molar-refractivity contribution in [3.05, 3.63) is 117 Å². The Morgan fingerprint density at radius 2 is 1.44 bits per heavy atom. The summed E-state index contributed by atoms with van der Waals surface area (Å²) in [7, 11) is 0. The van der Waals surface area contributed by atoms with E-state index < -0.39 is 0 Å². The number of carbonyl (C=O) groups is 1. The van der Waals surface area contributed by atoms with Crippen LogP contribution in [0.2, 0.25) is 0 Å². The first-order chi connectivity index (χ1) is 16.5. The maximum absolute atomic E-state index is 13.8. The Balaban J connectivity index is 1.99. The highest BCUT2D eigenvalue weighted by molar-refractivity contribution is 6.09. The molecule has 4 rings (SSSR count). The molecule has 1 N–H and O–H groups in total. The molecule has 4 aromatic rings. The van der Waals surface area contributed by atoms with E-state index in [2.05, 4.69) is 19.2 Å². The van der Waals surface area contributed by atoms with Crippen molar-refractivity contribution in [1.82, 2.24) is 4.57 Å². The Morgan fingerprint density at radius 1 is 0.824 bits per heavy atom. The van der Waals surface area contributed by atoms with Crippen LogP contribution < -0.4 is 10.7 Å². The van der Waals surface area contributed by atoms with Gasteiger partial charge >= 0.3 is 0 Å². The number of hydrogen-bond acceptors (Lipinski definition) is 2. The predicted molar refractivity (Wildman–Crippen MR) is 140 cm³/mol. The van der Waals surface area contributed by atoms with Gasteiger partial charge in [0.25, 0.3) is 5.91 Å². The fourth-order valence-electron chi connectivity index (χ4n) is 4.52. The van der Waals surface area contributed by atoms with Crippen molar-refractivity contribution >= 4 is 11.6 Å². The van der Waals surface area contributed by atoms with Crippen molar-refractivity contribution in [2.24, 2.45) is 0 Å². The molecule has 0 aliphatic rings. The normalized spacial score (nSPS) is 10.8. The number of pyridine rings is 1. The smallest absolute Gasteiger partial charge is 0.261 e. The van der Waals surface area contributed by atoms with Gasteiger partial charge in [0.15, 0.2) is 5.43 Å². The summed E-state index contributed by atoms with van der Waals surface area (Å²) in [5.41, 5.74) is 6.97. The first-order valence-electron chi connectivity index (χ1n) is 11.8. The quantitative estimate of drug-likeness (QED) is 0.365. The van der Waals surface area contributed by atoms with Gasteiger partial charge in [0, 0.05) is 23.1 Å². The van der Waals surface area contributed by atoms with Crippen LogP contribution in [0, 0.1) is 13.8 Å². The van der Waals surface area contributed by atoms with E-state index >= 15 is 0 Å². The second kappa shape index (κ2) is 9.92. The number of para-hydroxylation sites is 2. The summed E-state index contributed by atoms with van der Waals surface area (Å²) in [5, 5.41) is 3.11. The minimum absolute atomic E-state index is 0.146. The zero-order valence-corrected chi connectivity index (χ0v) is 20.2. The molecule has 1 heterocycles. The molecule has 1 aromatic heterocycles. The summed E-state index contributed by atoms with van der Waals surface area (Å²) < 4.78 is 2.02. The van der Waals surface area contributed by atoms with Crippen LogP contribution in [-0.4, -0.2) is 10.5 Å². The van der Waals surface area contributed by atoms with E-state index in [1.54, 1.807) is 6.07 Å². The number of aromatic nitrogens is 1. The summed E-state index contributed by atoms with van der Waals surface area (Å²) in [6, 6.07) is 25.3. The van der Waals surface area contributed by atoms with Gasteiger partial charge in [-0.1, -0.05) is 80.6 Å². The van der Waals surface area contributed by atoms with Crippen molar-refractivity contribution in [2.75, 3.05) is 5.32 Å². The average Bonchev–Trinajstić information content (AvgIpc) is 2.85. The van der Waals surface area contributed by atoms with E-state index in [4.69, 9.17) is 0 Å². The zero-order chi connectivity index (χ0) is 24.2. The van der Waals surface area contributed by atoms with Crippen LogP contribution in [0.5, 0.6) is 0 Å². The number of amides is 1. The predicted octanol–water partition coefficient (Wildman–Crippen LogP) is 6.50. The van der Waals surface area contributed by atoms with Gasteiger partial charge in [-0.15, -0.1) is 0 Å². The van der Waals surface area contributed by atoms with Gasteiger partial charge in [0.2, 0.25) is 0 Å². The highest BCUT2D eigenvalue weighted by atomic mass is 16.2. The highest BCUT2D eigenvalue weighted by Gasteiger charge is 2.24. The van der Waals surface area contributed by atoms with Crippen molar-refractivity contribution < 1.29 is 4.79 Å². The first-order valence-corrected chi connectivity index (χ1v) is 11.8. The Kier molecular flexibility index (Phi) is 6.78. The second-order valence-corrected chi connectivity index (χ2v) is 8.47. The van der Waals surface area contributed by atoms with Gasteiger partial charge in [-0.3, -0.25) is 9.59 Å². The molecule has 0 atom stereocenters. The van der Waals surface area contributed by atoms with Crippen LogP contribution in [-0.2, 0) is 12.8 Å². The van der Waals surface area contributed by atoms with Crippen LogP contribution >= 0.6 is 0 Å². The number of hydrogen-bond donors (Lipinski definition) is 1. The van der Waals surface area contributed by atoms with E-state index in [-0.39, 0.29) is 16.9 Å². The standard InChI is InChI=1S/C30H30N2O2/c1-5-22-16-12-17-23(6-2)28(22)31-30(34)27-26(33)19-21(4)32(25-18-11-10-13-20(25)3)29(27)24-14-8-7-9-15-24/h7-19H,5-6H2,1-4H3,(H,31,34). The van der Waals surface area contributed by atoms with Crippen molar-refractivity contribution in [3.8, 4) is 16.9 Å². The summed E-state index contributed by atoms with van der Waals surface area (Å²) >= 11 is 0. The van der Waals surface area contributed by atoms with E-state index in [1.807, 2.05) is 91.2 Å². The molecule has 0 spiro atoms. The number of aryl methyl sites for hydroxylation is 4. The number of carbonyl (C=O) groups excluding carboxylic acids is 1. The Bertz CT molecular complexity index is 1380. The molecule has 0 unspecified atom stereocenters. The van der Waals surface area contributed by atoms with E-state index in [9.17, 15) is 9.59 Å². The molecule has 0 bridgehead atoms. The minimum atomic E-state index is -0.387. The molecule has 3 aromatic carbocycles. The second-order valence-electron chi connectivity index (χ2n) is 8.47. The molecular weight excluding hydrogens is 420 g/mol. The van der Waals surface area contributed by atoms with Crippen molar-refractivity contribution in [2.45, 2.75) is 40.5 Å². The van der Waals surface area contributed by atoms with Crippen LogP contribution in [0.15, 0.2) is 83.7 Å². The summed E-state index contributed by atoms with van der Waals surface area (Å²) in [5.74, 6) is -0.387. The minimum Gasteiger partial charge on any atom is -0.321 e. The van der Waals surface area contributed by atoms with Gasteiger partial charge in [-0.2, -0.15) is 0 Å². The average molecular weight is 451 g/mol. The molecule has 0 fully saturated rings. The number of rotatable bonds is 6. The molecular formula is C30H30N2O2. The lowest BCUT2D eigenvalue weighted by Crippen LogP contribution is -2.27. The van der Waals surface area contributed by atoms with Gasteiger partial charge in [-0.05, 0) is 55.0 Å². The molecule has 0 aliphatic carbocycles. The third-order valence-corrected chi connectivity index (χ3v) is 6.27. The van der Waals surface area contributed by atoms with E-state index in [1.165, 1.54) is 0 Å². The van der Waals surface area contributed by atoms with Crippen molar-refractivity contribution in [3.63, 3.8) is 0 Å². The highest BCUT2D eigenvalue weighted by Crippen LogP contribution is 2.30. The molecule has 0 radical (unpaired) electrons. The van der Waals surface area contributed by atoms with Gasteiger partial charge in [0.1, 0.15) is 5.56 Å². The molecule has 4 nitrogen and oxygen atoms in total. The number of nitrogens with zero attached hydrogens (tertiary/aromatic N) is 1. The van der Waals surface area contributed by atoms with Crippen molar-refractivity contribution in [1.29, 1.82) is 0 Å². The Labute approximate surface area is 200 Å². The lowest BCUT2D eigenvalue weighted by Gasteiger charge is -2.22. The largest absolute Gasteiger partial charge is 0.321 e. The first kappa shape index (κ1) is 23.2. The van der Waals surface area contributed by atoms with Gasteiger partial charge in [0.05, 0.1) is 5.69 Å². The number of anilines is 1. The van der Waals surface area contributed by atoms with Gasteiger partial charge in [-0.25, -0.2) is 0 Å². The molecule has 1 amide bonds. The van der Waals surface area contributed by atoms with E-state index in [0.29, 0.717) is 5.69 Å². The van der Waals surface area contributed by atoms with Crippen LogP contribution in [0.3, 0.4) is 0 Å². The maximum Gasteiger partial charge on any atom is 0.261 e. The lowest BCUT2D eigenvalue weighted by atomic mass is 10.00. The molecule has 4 heteroatoms. The number of nitrogens with one attached hydrogen (secondary N) is 1. The van der Waals surface area contributed by atoms with E-state index in [0.717, 1.165) is 52.2 Å². The monoisotopic (exact) mass is 450 g/mol. The lowest BCUT2D eigenvalue weighted by molar-refractivity contribution is 0.102. The molecule has 172 valence electrons. The number of benzene rings is 3. The fourth-order valence-corrected chi connectivity index (χ4v) is 4.52. The maximum atomic E-state index is 13.8. The molecule has 0 saturated carbocycles. The third kappa shape index (κ3) is 4.32. The SMILES string of the molecule is CCc1cccc(CC)c1NC(=O)c1c(-c2ccccc2)n(-c2ccccc2C)c(C)cc1=O.